The Morgan fingerprint density at radius 1 is 1.33 bits per heavy atom. The Labute approximate surface area is 106 Å². The number of ether oxygens (including phenoxy) is 1. The number of anilines is 1. The van der Waals surface area contributed by atoms with E-state index in [0.717, 1.165) is 17.4 Å². The smallest absolute Gasteiger partial charge is 0.226 e. The van der Waals surface area contributed by atoms with Gasteiger partial charge >= 0.3 is 0 Å². The molecule has 0 aliphatic carbocycles. The van der Waals surface area contributed by atoms with Crippen molar-refractivity contribution in [3.63, 3.8) is 0 Å². The van der Waals surface area contributed by atoms with Crippen LogP contribution in [0.4, 0.5) is 5.95 Å². The lowest BCUT2D eigenvalue weighted by Crippen LogP contribution is -2.05. The van der Waals surface area contributed by atoms with E-state index >= 15 is 0 Å². The van der Waals surface area contributed by atoms with Crippen molar-refractivity contribution < 1.29 is 4.74 Å². The number of hydrogen-bond donors (Lipinski definition) is 1. The fraction of sp³-hybridized carbons (Fsp3) is 0.286. The third kappa shape index (κ3) is 2.69. The molecular weight excluding hydrogens is 226 g/mol. The number of benzene rings is 1. The predicted molar refractivity (Wildman–Crippen MR) is 72.6 cm³/mol. The molecule has 1 aromatic heterocycles. The molecule has 0 saturated carbocycles. The number of fused-ring (bicyclic) bond motifs is 1. The molecule has 0 aliphatic heterocycles. The number of para-hydroxylation sites is 1. The van der Waals surface area contributed by atoms with Crippen LogP contribution >= 0.6 is 0 Å². The van der Waals surface area contributed by atoms with Gasteiger partial charge in [-0.2, -0.15) is 4.98 Å². The summed E-state index contributed by atoms with van der Waals surface area (Å²) in [4.78, 5) is 8.76. The van der Waals surface area contributed by atoms with Crippen molar-refractivity contribution >= 4 is 16.9 Å². The second-order valence-corrected chi connectivity index (χ2v) is 3.70. The van der Waals surface area contributed by atoms with E-state index in [0.29, 0.717) is 24.9 Å². The normalized spacial score (nSPS) is 10.0. The molecule has 18 heavy (non-hydrogen) atoms. The molecule has 1 aromatic carbocycles. The first-order valence-electron chi connectivity index (χ1n) is 5.92. The Morgan fingerprint density at radius 2 is 2.17 bits per heavy atom. The maximum atomic E-state index is 5.61. The van der Waals surface area contributed by atoms with E-state index in [9.17, 15) is 0 Å². The molecule has 1 N–H and O–H groups in total. The molecule has 2 aromatic rings. The van der Waals surface area contributed by atoms with E-state index in [-0.39, 0.29) is 0 Å². The third-order valence-corrected chi connectivity index (χ3v) is 2.39. The zero-order valence-electron chi connectivity index (χ0n) is 10.3. The maximum Gasteiger partial charge on any atom is 0.226 e. The zero-order chi connectivity index (χ0) is 12.8. The van der Waals surface area contributed by atoms with Gasteiger partial charge in [0.1, 0.15) is 6.61 Å². The summed E-state index contributed by atoms with van der Waals surface area (Å²) in [7, 11) is 0. The van der Waals surface area contributed by atoms with Crippen molar-refractivity contribution in [2.24, 2.45) is 0 Å². The Balaban J connectivity index is 2.37. The summed E-state index contributed by atoms with van der Waals surface area (Å²) < 4.78 is 5.61. The highest BCUT2D eigenvalue weighted by Gasteiger charge is 2.07. The first kappa shape index (κ1) is 12.2. The lowest BCUT2D eigenvalue weighted by molar-refractivity contribution is 0.319. The molecule has 4 nitrogen and oxygen atoms in total. The van der Waals surface area contributed by atoms with Gasteiger partial charge in [-0.1, -0.05) is 12.1 Å². The molecule has 0 atom stereocenters. The van der Waals surface area contributed by atoms with Gasteiger partial charge in [0, 0.05) is 13.0 Å². The van der Waals surface area contributed by atoms with Crippen LogP contribution in [0.3, 0.4) is 0 Å². The molecular formula is C14H15N3O. The van der Waals surface area contributed by atoms with E-state index in [1.54, 1.807) is 0 Å². The fourth-order valence-corrected chi connectivity index (χ4v) is 1.60. The fourth-order valence-electron chi connectivity index (χ4n) is 1.60. The molecule has 92 valence electrons. The van der Waals surface area contributed by atoms with Crippen molar-refractivity contribution in [1.82, 2.24) is 9.97 Å². The number of hydrogen-bond acceptors (Lipinski definition) is 4. The van der Waals surface area contributed by atoms with Gasteiger partial charge in [-0.3, -0.25) is 0 Å². The van der Waals surface area contributed by atoms with Crippen molar-refractivity contribution in [3.8, 4) is 18.2 Å². The highest BCUT2D eigenvalue weighted by molar-refractivity contribution is 5.84. The number of aromatic nitrogens is 2. The lowest BCUT2D eigenvalue weighted by Gasteiger charge is -2.09. The van der Waals surface area contributed by atoms with E-state index < -0.39 is 0 Å². The van der Waals surface area contributed by atoms with Crippen LogP contribution in [0, 0.1) is 12.3 Å². The molecule has 0 radical (unpaired) electrons. The van der Waals surface area contributed by atoms with E-state index in [2.05, 4.69) is 21.2 Å². The first-order chi connectivity index (χ1) is 8.85. The van der Waals surface area contributed by atoms with Crippen molar-refractivity contribution in [2.75, 3.05) is 18.5 Å². The molecule has 2 rings (SSSR count). The van der Waals surface area contributed by atoms with Crippen LogP contribution in [-0.2, 0) is 0 Å². The van der Waals surface area contributed by atoms with Crippen molar-refractivity contribution in [2.45, 2.75) is 13.3 Å². The Bertz CT molecular complexity index is 575. The Kier molecular flexibility index (Phi) is 3.98. The van der Waals surface area contributed by atoms with E-state index in [1.807, 2.05) is 31.2 Å². The topological polar surface area (TPSA) is 47.0 Å². The van der Waals surface area contributed by atoms with Crippen LogP contribution in [0.1, 0.15) is 13.3 Å². The van der Waals surface area contributed by atoms with Gasteiger partial charge in [-0.25, -0.2) is 4.98 Å². The standard InChI is InChI=1S/C14H15N3O/c1-3-5-10-18-13-11-8-6-7-9-12(11)16-14(17-13)15-4-2/h1,6-9H,4-5,10H2,2H3,(H,15,16,17). The molecule has 0 bridgehead atoms. The van der Waals surface area contributed by atoms with Gasteiger partial charge in [0.15, 0.2) is 0 Å². The number of terminal acetylenes is 1. The SMILES string of the molecule is C#CCCOc1nc(NCC)nc2ccccc12. The quantitative estimate of drug-likeness (QED) is 0.645. The second kappa shape index (κ2) is 5.87. The summed E-state index contributed by atoms with van der Waals surface area (Å²) in [5, 5.41) is 3.99. The summed E-state index contributed by atoms with van der Waals surface area (Å²) in [5.74, 6) is 3.69. The van der Waals surface area contributed by atoms with E-state index in [1.165, 1.54) is 0 Å². The van der Waals surface area contributed by atoms with Crippen LogP contribution in [-0.4, -0.2) is 23.1 Å². The van der Waals surface area contributed by atoms with Crippen LogP contribution in [0.15, 0.2) is 24.3 Å². The van der Waals surface area contributed by atoms with Gasteiger partial charge in [-0.05, 0) is 19.1 Å². The number of rotatable bonds is 5. The van der Waals surface area contributed by atoms with Gasteiger partial charge in [-0.15, -0.1) is 12.3 Å². The molecule has 1 heterocycles. The van der Waals surface area contributed by atoms with Gasteiger partial charge in [0.05, 0.1) is 10.9 Å². The van der Waals surface area contributed by atoms with Gasteiger partial charge in [0.25, 0.3) is 0 Å². The summed E-state index contributed by atoms with van der Waals surface area (Å²) in [6.45, 7) is 3.22. The van der Waals surface area contributed by atoms with Gasteiger partial charge in [0.2, 0.25) is 11.8 Å². The molecule has 4 heteroatoms. The molecule has 0 fully saturated rings. The average Bonchev–Trinajstić information content (AvgIpc) is 2.39. The zero-order valence-corrected chi connectivity index (χ0v) is 10.3. The Hall–Kier alpha value is -2.28. The van der Waals surface area contributed by atoms with Crippen LogP contribution < -0.4 is 10.1 Å². The first-order valence-corrected chi connectivity index (χ1v) is 5.92. The van der Waals surface area contributed by atoms with Crippen LogP contribution in [0.5, 0.6) is 5.88 Å². The predicted octanol–water partition coefficient (Wildman–Crippen LogP) is 2.46. The summed E-state index contributed by atoms with van der Waals surface area (Å²) in [6.07, 6.45) is 5.77. The highest BCUT2D eigenvalue weighted by atomic mass is 16.5. The number of nitrogens with one attached hydrogen (secondary N) is 1. The molecule has 0 aliphatic rings. The third-order valence-electron chi connectivity index (χ3n) is 2.39. The Morgan fingerprint density at radius 3 is 2.94 bits per heavy atom. The lowest BCUT2D eigenvalue weighted by atomic mass is 10.2. The van der Waals surface area contributed by atoms with E-state index in [4.69, 9.17) is 11.2 Å². The van der Waals surface area contributed by atoms with Gasteiger partial charge < -0.3 is 10.1 Å². The average molecular weight is 241 g/mol. The van der Waals surface area contributed by atoms with Crippen molar-refractivity contribution in [3.05, 3.63) is 24.3 Å². The molecule has 0 unspecified atom stereocenters. The van der Waals surface area contributed by atoms with Crippen LogP contribution in [0.25, 0.3) is 10.9 Å². The minimum absolute atomic E-state index is 0.461. The molecule has 0 saturated heterocycles. The van der Waals surface area contributed by atoms with Crippen LogP contribution in [0.2, 0.25) is 0 Å². The summed E-state index contributed by atoms with van der Waals surface area (Å²) >= 11 is 0. The minimum atomic E-state index is 0.461. The second-order valence-electron chi connectivity index (χ2n) is 3.70. The molecule has 0 amide bonds. The number of nitrogens with zero attached hydrogens (tertiary/aromatic N) is 2. The summed E-state index contributed by atoms with van der Waals surface area (Å²) in [6, 6.07) is 7.76. The molecule has 0 spiro atoms. The summed E-state index contributed by atoms with van der Waals surface area (Å²) in [5.41, 5.74) is 0.860. The monoisotopic (exact) mass is 241 g/mol. The van der Waals surface area contributed by atoms with Crippen molar-refractivity contribution in [1.29, 1.82) is 0 Å². The largest absolute Gasteiger partial charge is 0.476 e. The maximum absolute atomic E-state index is 5.61. The highest BCUT2D eigenvalue weighted by Crippen LogP contribution is 2.23. The minimum Gasteiger partial charge on any atom is -0.476 e.